The molecule has 144 valence electrons. The topological polar surface area (TPSA) is 75.4 Å². The van der Waals surface area contributed by atoms with Crippen molar-refractivity contribution in [3.8, 4) is 0 Å². The number of aryl methyl sites for hydroxylation is 1. The Labute approximate surface area is 161 Å². The molecule has 1 fully saturated rings. The molecule has 0 radical (unpaired) electrons. The Balaban J connectivity index is 2.02. The quantitative estimate of drug-likeness (QED) is 0.765. The molecule has 2 amide bonds. The number of nitrogens with one attached hydrogen (secondary N) is 1. The van der Waals surface area contributed by atoms with E-state index >= 15 is 0 Å². The second-order valence-electron chi connectivity index (χ2n) is 7.20. The maximum absolute atomic E-state index is 13.0. The summed E-state index contributed by atoms with van der Waals surface area (Å²) in [5.74, 6) is 1.16. The number of nitrogens with zero attached hydrogens (tertiary/aromatic N) is 1. The minimum atomic E-state index is -0.470. The van der Waals surface area contributed by atoms with Crippen molar-refractivity contribution < 1.29 is 9.59 Å². The first-order chi connectivity index (χ1) is 12.4. The van der Waals surface area contributed by atoms with Crippen LogP contribution in [0.3, 0.4) is 0 Å². The van der Waals surface area contributed by atoms with E-state index in [9.17, 15) is 9.59 Å². The summed E-state index contributed by atoms with van der Waals surface area (Å²) in [7, 11) is 0. The summed E-state index contributed by atoms with van der Waals surface area (Å²) in [6, 6.07) is 7.15. The predicted molar refractivity (Wildman–Crippen MR) is 108 cm³/mol. The van der Waals surface area contributed by atoms with Crippen LogP contribution in [0.5, 0.6) is 0 Å². The van der Waals surface area contributed by atoms with Crippen LogP contribution in [0, 0.1) is 12.8 Å². The number of nitrogens with two attached hydrogens (primary N) is 1. The van der Waals surface area contributed by atoms with Crippen LogP contribution in [-0.2, 0) is 4.79 Å². The molecule has 0 aliphatic carbocycles. The smallest absolute Gasteiger partial charge is 0.251 e. The van der Waals surface area contributed by atoms with Crippen molar-refractivity contribution in [1.29, 1.82) is 0 Å². The number of carbonyl (C=O) groups excluding carboxylic acids is 2. The molecule has 2 rings (SSSR count). The number of amides is 2. The van der Waals surface area contributed by atoms with Crippen molar-refractivity contribution in [3.05, 3.63) is 35.4 Å². The summed E-state index contributed by atoms with van der Waals surface area (Å²) >= 11 is 1.69. The van der Waals surface area contributed by atoms with Gasteiger partial charge in [0.05, 0.1) is 0 Å². The minimum absolute atomic E-state index is 0.0307. The molecule has 2 atom stereocenters. The second kappa shape index (κ2) is 9.97. The van der Waals surface area contributed by atoms with Crippen molar-refractivity contribution >= 4 is 23.6 Å². The largest absolute Gasteiger partial charge is 0.341 e. The van der Waals surface area contributed by atoms with Gasteiger partial charge in [0.1, 0.15) is 6.04 Å². The highest BCUT2D eigenvalue weighted by Crippen LogP contribution is 2.20. The summed E-state index contributed by atoms with van der Waals surface area (Å²) in [4.78, 5) is 27.5. The van der Waals surface area contributed by atoms with Crippen molar-refractivity contribution in [2.75, 3.05) is 25.1 Å². The van der Waals surface area contributed by atoms with Gasteiger partial charge in [0, 0.05) is 24.7 Å². The minimum Gasteiger partial charge on any atom is -0.341 e. The van der Waals surface area contributed by atoms with Crippen LogP contribution >= 0.6 is 11.8 Å². The average molecular weight is 378 g/mol. The third-order valence-electron chi connectivity index (χ3n) is 5.09. The monoisotopic (exact) mass is 377 g/mol. The zero-order valence-electron chi connectivity index (χ0n) is 16.0. The molecule has 0 spiro atoms. The molecule has 1 aliphatic heterocycles. The van der Waals surface area contributed by atoms with E-state index in [1.54, 1.807) is 17.8 Å². The molecular weight excluding hydrogens is 346 g/mol. The zero-order chi connectivity index (χ0) is 19.1. The molecule has 26 heavy (non-hydrogen) atoms. The second-order valence-corrected chi connectivity index (χ2v) is 8.18. The zero-order valence-corrected chi connectivity index (χ0v) is 16.8. The first-order valence-corrected chi connectivity index (χ1v) is 10.7. The molecule has 1 aromatic carbocycles. The van der Waals surface area contributed by atoms with Gasteiger partial charge in [-0.25, -0.2) is 0 Å². The standard InChI is InChI=1S/C20H31N3O2S/c1-14-5-4-6-17(13-14)19(24)22-18(9-12-26-3)20(25)23-10-7-16(8-11-23)15(2)21/h4-6,13,15-16,18H,7-12,21H2,1-3H3,(H,22,24). The van der Waals surface area contributed by atoms with E-state index in [1.807, 2.05) is 43.2 Å². The Morgan fingerprint density at radius 3 is 2.62 bits per heavy atom. The van der Waals surface area contributed by atoms with E-state index < -0.39 is 6.04 Å². The van der Waals surface area contributed by atoms with Crippen LogP contribution in [0.1, 0.15) is 42.1 Å². The molecule has 5 nitrogen and oxygen atoms in total. The Bertz CT molecular complexity index is 613. The highest BCUT2D eigenvalue weighted by atomic mass is 32.2. The predicted octanol–water partition coefficient (Wildman–Crippen LogP) is 2.43. The molecule has 1 aromatic rings. The Kier molecular flexibility index (Phi) is 7.97. The molecule has 1 saturated heterocycles. The fourth-order valence-electron chi connectivity index (χ4n) is 3.39. The summed E-state index contributed by atoms with van der Waals surface area (Å²) in [5.41, 5.74) is 7.62. The number of hydrogen-bond donors (Lipinski definition) is 2. The molecule has 0 bridgehead atoms. The highest BCUT2D eigenvalue weighted by molar-refractivity contribution is 7.98. The van der Waals surface area contributed by atoms with Gasteiger partial charge in [0.25, 0.3) is 5.91 Å². The maximum atomic E-state index is 13.0. The molecule has 1 aliphatic rings. The summed E-state index contributed by atoms with van der Waals surface area (Å²) in [6.45, 7) is 5.43. The Morgan fingerprint density at radius 1 is 1.35 bits per heavy atom. The van der Waals surface area contributed by atoms with Crippen molar-refractivity contribution in [1.82, 2.24) is 10.2 Å². The van der Waals surface area contributed by atoms with Gasteiger partial charge in [0.2, 0.25) is 5.91 Å². The summed E-state index contributed by atoms with van der Waals surface area (Å²) < 4.78 is 0. The Hall–Kier alpha value is -1.53. The molecule has 3 N–H and O–H groups in total. The third-order valence-corrected chi connectivity index (χ3v) is 5.73. The number of carbonyl (C=O) groups is 2. The lowest BCUT2D eigenvalue weighted by molar-refractivity contribution is -0.134. The van der Waals surface area contributed by atoms with E-state index in [4.69, 9.17) is 5.73 Å². The van der Waals surface area contributed by atoms with Crippen LogP contribution in [0.25, 0.3) is 0 Å². The number of hydrogen-bond acceptors (Lipinski definition) is 4. The first kappa shape index (κ1) is 20.8. The molecule has 0 saturated carbocycles. The molecule has 2 unspecified atom stereocenters. The lowest BCUT2D eigenvalue weighted by atomic mass is 9.90. The molecule has 1 heterocycles. The SMILES string of the molecule is CSCCC(NC(=O)c1cccc(C)c1)C(=O)N1CCC(C(C)N)CC1. The van der Waals surface area contributed by atoms with E-state index in [-0.39, 0.29) is 17.9 Å². The summed E-state index contributed by atoms with van der Waals surface area (Å²) in [5, 5.41) is 2.96. The lowest BCUT2D eigenvalue weighted by Gasteiger charge is -2.35. The van der Waals surface area contributed by atoms with Crippen LogP contribution in [0.2, 0.25) is 0 Å². The first-order valence-electron chi connectivity index (χ1n) is 9.33. The van der Waals surface area contributed by atoms with Crippen molar-refractivity contribution in [2.45, 2.75) is 45.2 Å². The van der Waals surface area contributed by atoms with Gasteiger partial charge < -0.3 is 16.0 Å². The fourth-order valence-corrected chi connectivity index (χ4v) is 3.86. The summed E-state index contributed by atoms with van der Waals surface area (Å²) in [6.07, 6.45) is 4.53. The number of thioether (sulfide) groups is 1. The van der Waals surface area contributed by atoms with Crippen LogP contribution < -0.4 is 11.1 Å². The van der Waals surface area contributed by atoms with Gasteiger partial charge in [-0.1, -0.05) is 17.7 Å². The van der Waals surface area contributed by atoms with Crippen molar-refractivity contribution in [3.63, 3.8) is 0 Å². The van der Waals surface area contributed by atoms with Gasteiger partial charge in [-0.05, 0) is 63.2 Å². The molecular formula is C20H31N3O2S. The van der Waals surface area contributed by atoms with Crippen LogP contribution in [0.15, 0.2) is 24.3 Å². The maximum Gasteiger partial charge on any atom is 0.251 e. The van der Waals surface area contributed by atoms with Gasteiger partial charge in [-0.3, -0.25) is 9.59 Å². The van der Waals surface area contributed by atoms with E-state index in [2.05, 4.69) is 5.32 Å². The van der Waals surface area contributed by atoms with E-state index in [1.165, 1.54) is 0 Å². The van der Waals surface area contributed by atoms with Gasteiger partial charge in [-0.15, -0.1) is 0 Å². The van der Waals surface area contributed by atoms with Crippen LogP contribution in [-0.4, -0.2) is 53.9 Å². The normalized spacial score (nSPS) is 17.6. The number of piperidine rings is 1. The third kappa shape index (κ3) is 5.74. The van der Waals surface area contributed by atoms with E-state index in [0.29, 0.717) is 17.9 Å². The molecule has 0 aromatic heterocycles. The number of rotatable bonds is 7. The van der Waals surface area contributed by atoms with Crippen molar-refractivity contribution in [2.24, 2.45) is 11.7 Å². The van der Waals surface area contributed by atoms with E-state index in [0.717, 1.165) is 37.2 Å². The Morgan fingerprint density at radius 2 is 2.04 bits per heavy atom. The number of likely N-dealkylation sites (tertiary alicyclic amines) is 1. The number of benzene rings is 1. The molecule has 6 heteroatoms. The highest BCUT2D eigenvalue weighted by Gasteiger charge is 2.30. The van der Waals surface area contributed by atoms with Gasteiger partial charge >= 0.3 is 0 Å². The van der Waals surface area contributed by atoms with Gasteiger partial charge in [0.15, 0.2) is 0 Å². The lowest BCUT2D eigenvalue weighted by Crippen LogP contribution is -2.52. The van der Waals surface area contributed by atoms with Crippen LogP contribution in [0.4, 0.5) is 0 Å². The average Bonchev–Trinajstić information content (AvgIpc) is 2.64. The fraction of sp³-hybridized carbons (Fsp3) is 0.600. The van der Waals surface area contributed by atoms with Gasteiger partial charge in [-0.2, -0.15) is 11.8 Å².